The largest absolute Gasteiger partial charge is 0.496 e. The van der Waals surface area contributed by atoms with Crippen LogP contribution in [0, 0.1) is 6.92 Å². The van der Waals surface area contributed by atoms with E-state index in [-0.39, 0.29) is 6.61 Å². The summed E-state index contributed by atoms with van der Waals surface area (Å²) in [7, 11) is 3.28. The number of methoxy groups -OCH3 is 2. The number of hydrogen-bond donors (Lipinski definition) is 1. The fraction of sp³-hybridized carbons (Fsp3) is 0.250. The first-order valence-electron chi connectivity index (χ1n) is 6.13. The zero-order valence-electron chi connectivity index (χ0n) is 11.4. The average molecular weight is 258 g/mol. The number of aliphatic hydroxyl groups is 1. The van der Waals surface area contributed by atoms with Crippen LogP contribution in [-0.4, -0.2) is 19.3 Å². The van der Waals surface area contributed by atoms with E-state index in [9.17, 15) is 5.11 Å². The summed E-state index contributed by atoms with van der Waals surface area (Å²) in [4.78, 5) is 0. The predicted octanol–water partition coefficient (Wildman–Crippen LogP) is 3.17. The summed E-state index contributed by atoms with van der Waals surface area (Å²) in [6.45, 7) is 1.97. The molecule has 0 bridgehead atoms. The maximum atomic E-state index is 9.42. The van der Waals surface area contributed by atoms with Crippen LogP contribution < -0.4 is 9.47 Å². The summed E-state index contributed by atoms with van der Waals surface area (Å²) >= 11 is 0. The normalized spacial score (nSPS) is 10.3. The first kappa shape index (κ1) is 13.4. The van der Waals surface area contributed by atoms with E-state index in [1.165, 1.54) is 0 Å². The molecular formula is C16H18O3. The molecule has 0 fully saturated rings. The van der Waals surface area contributed by atoms with Crippen LogP contribution in [0.5, 0.6) is 11.5 Å². The van der Waals surface area contributed by atoms with Gasteiger partial charge in [0.1, 0.15) is 11.5 Å². The van der Waals surface area contributed by atoms with E-state index < -0.39 is 0 Å². The molecule has 1 N–H and O–H groups in total. The molecule has 0 amide bonds. The molecule has 0 aromatic heterocycles. The molecular weight excluding hydrogens is 240 g/mol. The third-order valence-electron chi connectivity index (χ3n) is 3.25. The van der Waals surface area contributed by atoms with Crippen molar-refractivity contribution in [3.05, 3.63) is 47.5 Å². The van der Waals surface area contributed by atoms with Crippen molar-refractivity contribution in [3.63, 3.8) is 0 Å². The third kappa shape index (κ3) is 2.56. The molecule has 0 unspecified atom stereocenters. The summed E-state index contributed by atoms with van der Waals surface area (Å²) < 4.78 is 10.8. The van der Waals surface area contributed by atoms with Crippen molar-refractivity contribution >= 4 is 0 Å². The highest BCUT2D eigenvalue weighted by atomic mass is 16.5. The van der Waals surface area contributed by atoms with Crippen LogP contribution in [-0.2, 0) is 6.61 Å². The van der Waals surface area contributed by atoms with E-state index in [1.807, 2.05) is 43.3 Å². The average Bonchev–Trinajstić information content (AvgIpc) is 2.47. The van der Waals surface area contributed by atoms with Crippen LogP contribution >= 0.6 is 0 Å². The van der Waals surface area contributed by atoms with Gasteiger partial charge in [0.05, 0.1) is 20.8 Å². The molecule has 0 aliphatic rings. The number of hydrogen-bond acceptors (Lipinski definition) is 3. The minimum atomic E-state index is 0.00861. The van der Waals surface area contributed by atoms with Gasteiger partial charge < -0.3 is 14.6 Å². The van der Waals surface area contributed by atoms with E-state index in [0.29, 0.717) is 0 Å². The first-order chi connectivity index (χ1) is 9.21. The Labute approximate surface area is 113 Å². The Bertz CT molecular complexity index is 551. The summed E-state index contributed by atoms with van der Waals surface area (Å²) in [6, 6.07) is 11.7. The molecule has 3 heteroatoms. The zero-order valence-corrected chi connectivity index (χ0v) is 11.4. The maximum Gasteiger partial charge on any atom is 0.126 e. The van der Waals surface area contributed by atoms with Gasteiger partial charge in [0.2, 0.25) is 0 Å². The Balaban J connectivity index is 2.62. The molecule has 0 spiro atoms. The van der Waals surface area contributed by atoms with Crippen LogP contribution in [0.2, 0.25) is 0 Å². The van der Waals surface area contributed by atoms with Crippen LogP contribution in [0.3, 0.4) is 0 Å². The fourth-order valence-corrected chi connectivity index (χ4v) is 2.18. The lowest BCUT2D eigenvalue weighted by atomic mass is 9.98. The van der Waals surface area contributed by atoms with Crippen LogP contribution in [0.1, 0.15) is 11.1 Å². The van der Waals surface area contributed by atoms with E-state index in [0.717, 1.165) is 33.8 Å². The van der Waals surface area contributed by atoms with Gasteiger partial charge >= 0.3 is 0 Å². The van der Waals surface area contributed by atoms with Crippen LogP contribution in [0.4, 0.5) is 0 Å². The van der Waals surface area contributed by atoms with E-state index in [1.54, 1.807) is 14.2 Å². The molecule has 0 atom stereocenters. The molecule has 19 heavy (non-hydrogen) atoms. The minimum Gasteiger partial charge on any atom is -0.496 e. The number of benzene rings is 2. The zero-order chi connectivity index (χ0) is 13.8. The molecule has 0 radical (unpaired) electrons. The van der Waals surface area contributed by atoms with Gasteiger partial charge in [-0.25, -0.2) is 0 Å². The standard InChI is InChI=1S/C16H18O3/c1-11-15(18-2)8-13(9-16(11)19-3)14-7-5-4-6-12(14)10-17/h4-9,17H,10H2,1-3H3. The van der Waals surface area contributed by atoms with Gasteiger partial charge in [-0.1, -0.05) is 24.3 Å². The van der Waals surface area contributed by atoms with Gasteiger partial charge in [-0.2, -0.15) is 0 Å². The van der Waals surface area contributed by atoms with Gasteiger partial charge in [-0.3, -0.25) is 0 Å². The van der Waals surface area contributed by atoms with E-state index in [2.05, 4.69) is 0 Å². The first-order valence-corrected chi connectivity index (χ1v) is 6.13. The van der Waals surface area contributed by atoms with E-state index in [4.69, 9.17) is 9.47 Å². The van der Waals surface area contributed by atoms with Crippen LogP contribution in [0.25, 0.3) is 11.1 Å². The van der Waals surface area contributed by atoms with Gasteiger partial charge in [0, 0.05) is 5.56 Å². The topological polar surface area (TPSA) is 38.7 Å². The lowest BCUT2D eigenvalue weighted by Gasteiger charge is -2.14. The van der Waals surface area contributed by atoms with Gasteiger partial charge in [0.25, 0.3) is 0 Å². The van der Waals surface area contributed by atoms with E-state index >= 15 is 0 Å². The van der Waals surface area contributed by atoms with Crippen molar-refractivity contribution < 1.29 is 14.6 Å². The Hall–Kier alpha value is -2.00. The van der Waals surface area contributed by atoms with Crippen molar-refractivity contribution in [2.45, 2.75) is 13.5 Å². The lowest BCUT2D eigenvalue weighted by molar-refractivity contribution is 0.282. The summed E-state index contributed by atoms with van der Waals surface area (Å²) in [5.74, 6) is 1.56. The molecule has 0 saturated heterocycles. The number of rotatable bonds is 4. The Morgan fingerprint density at radius 3 is 2.11 bits per heavy atom. The van der Waals surface area contributed by atoms with Crippen molar-refractivity contribution in [3.8, 4) is 22.6 Å². The number of aliphatic hydroxyl groups excluding tert-OH is 1. The molecule has 0 aliphatic heterocycles. The maximum absolute atomic E-state index is 9.42. The quantitative estimate of drug-likeness (QED) is 0.915. The molecule has 0 aliphatic carbocycles. The predicted molar refractivity (Wildman–Crippen MR) is 75.6 cm³/mol. The van der Waals surface area contributed by atoms with Gasteiger partial charge in [-0.15, -0.1) is 0 Å². The second-order valence-corrected chi connectivity index (χ2v) is 4.32. The highest BCUT2D eigenvalue weighted by Gasteiger charge is 2.11. The molecule has 0 saturated carbocycles. The molecule has 2 aromatic carbocycles. The van der Waals surface area contributed by atoms with Gasteiger partial charge in [-0.05, 0) is 35.7 Å². The number of ether oxygens (including phenoxy) is 2. The Kier molecular flexibility index (Phi) is 4.07. The molecule has 100 valence electrons. The highest BCUT2D eigenvalue weighted by Crippen LogP contribution is 2.35. The Morgan fingerprint density at radius 2 is 1.58 bits per heavy atom. The van der Waals surface area contributed by atoms with Crippen molar-refractivity contribution in [1.82, 2.24) is 0 Å². The van der Waals surface area contributed by atoms with Gasteiger partial charge in [0.15, 0.2) is 0 Å². The van der Waals surface area contributed by atoms with Crippen molar-refractivity contribution in [2.24, 2.45) is 0 Å². The Morgan fingerprint density at radius 1 is 1.00 bits per heavy atom. The van der Waals surface area contributed by atoms with Crippen molar-refractivity contribution in [2.75, 3.05) is 14.2 Å². The molecule has 3 nitrogen and oxygen atoms in total. The second kappa shape index (κ2) is 5.76. The van der Waals surface area contributed by atoms with Crippen molar-refractivity contribution in [1.29, 1.82) is 0 Å². The summed E-state index contributed by atoms with van der Waals surface area (Å²) in [6.07, 6.45) is 0. The smallest absolute Gasteiger partial charge is 0.126 e. The molecule has 2 aromatic rings. The van der Waals surface area contributed by atoms with Crippen LogP contribution in [0.15, 0.2) is 36.4 Å². The molecule has 0 heterocycles. The second-order valence-electron chi connectivity index (χ2n) is 4.32. The SMILES string of the molecule is COc1cc(-c2ccccc2CO)cc(OC)c1C. The molecule has 2 rings (SSSR count). The monoisotopic (exact) mass is 258 g/mol. The summed E-state index contributed by atoms with van der Waals surface area (Å²) in [5.41, 5.74) is 3.82. The highest BCUT2D eigenvalue weighted by molar-refractivity contribution is 5.71. The minimum absolute atomic E-state index is 0.00861. The third-order valence-corrected chi connectivity index (χ3v) is 3.25. The lowest BCUT2D eigenvalue weighted by Crippen LogP contribution is -1.95. The summed E-state index contributed by atoms with van der Waals surface area (Å²) in [5, 5.41) is 9.42. The fourth-order valence-electron chi connectivity index (χ4n) is 2.18.